The van der Waals surface area contributed by atoms with Crippen molar-refractivity contribution in [2.24, 2.45) is 0 Å². The molecule has 0 aliphatic carbocycles. The van der Waals surface area contributed by atoms with Crippen LogP contribution >= 0.6 is 11.8 Å². The number of hydrogen-bond donors (Lipinski definition) is 1. The molecule has 1 N–H and O–H groups in total. The van der Waals surface area contributed by atoms with Gasteiger partial charge in [-0.15, -0.1) is 11.8 Å². The van der Waals surface area contributed by atoms with Crippen LogP contribution in [0.25, 0.3) is 11.3 Å². The molecule has 2 rings (SSSR count). The van der Waals surface area contributed by atoms with E-state index in [0.29, 0.717) is 0 Å². The predicted molar refractivity (Wildman–Crippen MR) is 80.4 cm³/mol. The number of oxazole rings is 1. The van der Waals surface area contributed by atoms with E-state index in [1.807, 2.05) is 0 Å². The maximum Gasteiger partial charge on any atom is 0.211 e. The Kier molecular flexibility index (Phi) is 5.05. The number of nitrogens with zero attached hydrogens (tertiary/aromatic N) is 1. The van der Waals surface area contributed by atoms with Gasteiger partial charge >= 0.3 is 0 Å². The van der Waals surface area contributed by atoms with Gasteiger partial charge in [-0.2, -0.15) is 0 Å². The second kappa shape index (κ2) is 6.78. The highest BCUT2D eigenvalue weighted by molar-refractivity contribution is 7.98. The zero-order chi connectivity index (χ0) is 13.7. The molecule has 3 nitrogen and oxygen atoms in total. The fourth-order valence-electron chi connectivity index (χ4n) is 1.82. The van der Waals surface area contributed by atoms with E-state index >= 15 is 0 Å². The summed E-state index contributed by atoms with van der Waals surface area (Å²) in [4.78, 5) is 5.60. The van der Waals surface area contributed by atoms with Crippen LogP contribution in [0.5, 0.6) is 0 Å². The molecule has 0 amide bonds. The van der Waals surface area contributed by atoms with Crippen LogP contribution in [0.15, 0.2) is 39.8 Å². The number of thioether (sulfide) groups is 1. The van der Waals surface area contributed by atoms with Crippen molar-refractivity contribution in [2.75, 3.05) is 12.8 Å². The Balaban J connectivity index is 2.11. The number of hydrogen-bond acceptors (Lipinski definition) is 4. The normalized spacial score (nSPS) is 12.6. The molecule has 0 saturated heterocycles. The highest BCUT2D eigenvalue weighted by Crippen LogP contribution is 2.25. The van der Waals surface area contributed by atoms with E-state index < -0.39 is 0 Å². The summed E-state index contributed by atoms with van der Waals surface area (Å²) >= 11 is 1.74. The summed E-state index contributed by atoms with van der Waals surface area (Å²) in [6.07, 6.45) is 4.98. The van der Waals surface area contributed by atoms with Crippen molar-refractivity contribution >= 4 is 11.8 Å². The van der Waals surface area contributed by atoms with Gasteiger partial charge in [-0.3, -0.25) is 0 Å². The third-order valence-corrected chi connectivity index (χ3v) is 3.71. The summed E-state index contributed by atoms with van der Waals surface area (Å²) in [5, 5.41) is 3.37. The quantitative estimate of drug-likeness (QED) is 0.805. The first-order valence-corrected chi connectivity index (χ1v) is 7.80. The summed E-state index contributed by atoms with van der Waals surface area (Å²) in [6.45, 7) is 5.19. The maximum absolute atomic E-state index is 5.82. The van der Waals surface area contributed by atoms with Crippen LogP contribution < -0.4 is 5.32 Å². The maximum atomic E-state index is 5.82. The molecule has 1 heterocycles. The number of benzene rings is 1. The molecule has 0 fully saturated rings. The van der Waals surface area contributed by atoms with E-state index in [9.17, 15) is 0 Å². The largest absolute Gasteiger partial charge is 0.439 e. The molecule has 0 aliphatic rings. The van der Waals surface area contributed by atoms with Gasteiger partial charge in [-0.1, -0.05) is 19.1 Å². The van der Waals surface area contributed by atoms with Gasteiger partial charge in [0.25, 0.3) is 0 Å². The molecule has 0 aliphatic heterocycles. The van der Waals surface area contributed by atoms with Crippen molar-refractivity contribution in [1.29, 1.82) is 0 Å². The van der Waals surface area contributed by atoms with E-state index in [2.05, 4.69) is 54.7 Å². The molecule has 0 spiro atoms. The van der Waals surface area contributed by atoms with Crippen molar-refractivity contribution in [3.63, 3.8) is 0 Å². The highest BCUT2D eigenvalue weighted by atomic mass is 32.2. The van der Waals surface area contributed by atoms with Gasteiger partial charge in [0.2, 0.25) is 5.89 Å². The van der Waals surface area contributed by atoms with Crippen molar-refractivity contribution < 1.29 is 4.42 Å². The van der Waals surface area contributed by atoms with Crippen LogP contribution in [-0.2, 0) is 0 Å². The minimum atomic E-state index is 0.152. The third kappa shape index (κ3) is 3.61. The van der Waals surface area contributed by atoms with E-state index in [-0.39, 0.29) is 6.04 Å². The van der Waals surface area contributed by atoms with Crippen LogP contribution in [-0.4, -0.2) is 17.8 Å². The first kappa shape index (κ1) is 14.2. The number of nitrogens with one attached hydrogen (secondary N) is 1. The Morgan fingerprint density at radius 2 is 2.05 bits per heavy atom. The van der Waals surface area contributed by atoms with Gasteiger partial charge in [0.15, 0.2) is 5.76 Å². The molecule has 0 radical (unpaired) electrons. The summed E-state index contributed by atoms with van der Waals surface area (Å²) in [5.74, 6) is 1.57. The van der Waals surface area contributed by atoms with Crippen molar-refractivity contribution in [3.05, 3.63) is 36.4 Å². The van der Waals surface area contributed by atoms with Crippen molar-refractivity contribution in [2.45, 2.75) is 31.2 Å². The Morgan fingerprint density at radius 1 is 1.32 bits per heavy atom. The highest BCUT2D eigenvalue weighted by Gasteiger charge is 2.12. The van der Waals surface area contributed by atoms with E-state index in [1.54, 1.807) is 18.0 Å². The molecule has 0 bridgehead atoms. The van der Waals surface area contributed by atoms with E-state index in [0.717, 1.165) is 30.2 Å². The molecule has 1 aromatic heterocycles. The van der Waals surface area contributed by atoms with Crippen molar-refractivity contribution in [3.8, 4) is 11.3 Å². The fraction of sp³-hybridized carbons (Fsp3) is 0.400. The SMILES string of the molecule is CCCNC(C)c1ncc(-c2ccc(SC)cc2)o1. The zero-order valence-corrected chi connectivity index (χ0v) is 12.5. The molecule has 4 heteroatoms. The van der Waals surface area contributed by atoms with E-state index in [1.165, 1.54) is 4.90 Å². The van der Waals surface area contributed by atoms with E-state index in [4.69, 9.17) is 4.42 Å². The Morgan fingerprint density at radius 3 is 2.68 bits per heavy atom. The zero-order valence-electron chi connectivity index (χ0n) is 11.6. The van der Waals surface area contributed by atoms with Crippen LogP contribution in [0, 0.1) is 0 Å². The number of aromatic nitrogens is 1. The topological polar surface area (TPSA) is 38.1 Å². The van der Waals surface area contributed by atoms with Gasteiger partial charge in [0, 0.05) is 10.5 Å². The van der Waals surface area contributed by atoms with Crippen LogP contribution in [0.2, 0.25) is 0 Å². The summed E-state index contributed by atoms with van der Waals surface area (Å²) in [6, 6.07) is 8.49. The smallest absolute Gasteiger partial charge is 0.211 e. The predicted octanol–water partition coefficient (Wildman–Crippen LogP) is 4.12. The van der Waals surface area contributed by atoms with Crippen molar-refractivity contribution in [1.82, 2.24) is 10.3 Å². The lowest BCUT2D eigenvalue weighted by Gasteiger charge is -2.08. The van der Waals surface area contributed by atoms with Gasteiger partial charge in [0.05, 0.1) is 12.2 Å². The lowest BCUT2D eigenvalue weighted by Crippen LogP contribution is -2.19. The molecule has 0 saturated carbocycles. The standard InChI is InChI=1S/C15H20N2OS/c1-4-9-16-11(2)15-17-10-14(18-15)12-5-7-13(19-3)8-6-12/h5-8,10-11,16H,4,9H2,1-3H3. The molecular weight excluding hydrogens is 256 g/mol. The fourth-order valence-corrected chi connectivity index (χ4v) is 2.23. The Hall–Kier alpha value is -1.26. The molecule has 102 valence electrons. The van der Waals surface area contributed by atoms with Crippen LogP contribution in [0.4, 0.5) is 0 Å². The lowest BCUT2D eigenvalue weighted by atomic mass is 10.2. The molecule has 1 aromatic carbocycles. The molecule has 1 unspecified atom stereocenters. The van der Waals surface area contributed by atoms with Gasteiger partial charge < -0.3 is 9.73 Å². The first-order chi connectivity index (χ1) is 9.24. The molecule has 19 heavy (non-hydrogen) atoms. The second-order valence-corrected chi connectivity index (χ2v) is 5.35. The van der Waals surface area contributed by atoms with Gasteiger partial charge in [-0.05, 0) is 38.3 Å². The first-order valence-electron chi connectivity index (χ1n) is 6.58. The minimum absolute atomic E-state index is 0.152. The second-order valence-electron chi connectivity index (χ2n) is 4.47. The molecule has 2 aromatic rings. The average Bonchev–Trinajstić information content (AvgIpc) is 2.94. The molecule has 1 atom stereocenters. The average molecular weight is 276 g/mol. The van der Waals surface area contributed by atoms with Gasteiger partial charge in [0.1, 0.15) is 0 Å². The number of rotatable bonds is 6. The summed E-state index contributed by atoms with van der Waals surface area (Å²) in [5.41, 5.74) is 1.07. The lowest BCUT2D eigenvalue weighted by molar-refractivity contribution is 0.423. The Labute approximate surface area is 118 Å². The summed E-state index contributed by atoms with van der Waals surface area (Å²) < 4.78 is 5.82. The minimum Gasteiger partial charge on any atom is -0.439 e. The van der Waals surface area contributed by atoms with Crippen LogP contribution in [0.3, 0.4) is 0 Å². The Bertz CT molecular complexity index is 507. The third-order valence-electron chi connectivity index (χ3n) is 2.97. The van der Waals surface area contributed by atoms with Crippen LogP contribution in [0.1, 0.15) is 32.2 Å². The summed E-state index contributed by atoms with van der Waals surface area (Å²) in [7, 11) is 0. The molecular formula is C15H20N2OS. The monoisotopic (exact) mass is 276 g/mol. The van der Waals surface area contributed by atoms with Gasteiger partial charge in [-0.25, -0.2) is 4.98 Å².